The third-order valence-corrected chi connectivity index (χ3v) is 3.19. The summed E-state index contributed by atoms with van der Waals surface area (Å²) in [5, 5.41) is 0. The number of likely N-dealkylation sites (tertiary alicyclic amines) is 1. The fourth-order valence-corrected chi connectivity index (χ4v) is 1.95. The highest BCUT2D eigenvalue weighted by Gasteiger charge is 2.19. The van der Waals surface area contributed by atoms with Crippen LogP contribution in [0.1, 0.15) is 46.5 Å². The van der Waals surface area contributed by atoms with Crippen molar-refractivity contribution >= 4 is 5.78 Å². The van der Waals surface area contributed by atoms with Crippen LogP contribution in [0.15, 0.2) is 0 Å². The Bertz CT molecular complexity index is 225. The normalized spacial score (nSPS) is 20.0. The molecule has 3 nitrogen and oxygen atoms in total. The van der Waals surface area contributed by atoms with Gasteiger partial charge in [-0.15, -0.1) is 0 Å². The summed E-state index contributed by atoms with van der Waals surface area (Å²) in [6.07, 6.45) is 3.77. The molecule has 0 aliphatic carbocycles. The lowest BCUT2D eigenvalue weighted by atomic mass is 9.89. The first kappa shape index (κ1) is 13.7. The zero-order valence-corrected chi connectivity index (χ0v) is 11.0. The van der Waals surface area contributed by atoms with Crippen LogP contribution in [0.25, 0.3) is 0 Å². The molecule has 0 bridgehead atoms. The third-order valence-electron chi connectivity index (χ3n) is 3.19. The average molecular weight is 226 g/mol. The van der Waals surface area contributed by atoms with E-state index < -0.39 is 0 Å². The van der Waals surface area contributed by atoms with Crippen LogP contribution >= 0.6 is 0 Å². The Kier molecular flexibility index (Phi) is 4.93. The highest BCUT2D eigenvalue weighted by Crippen LogP contribution is 2.20. The minimum Gasteiger partial charge on any atom is -0.328 e. The summed E-state index contributed by atoms with van der Waals surface area (Å²) in [5.74, 6) is 0.380. The lowest BCUT2D eigenvalue weighted by molar-refractivity contribution is -0.121. The Morgan fingerprint density at radius 2 is 1.88 bits per heavy atom. The van der Waals surface area contributed by atoms with Gasteiger partial charge in [0.25, 0.3) is 0 Å². The topological polar surface area (TPSA) is 46.3 Å². The summed E-state index contributed by atoms with van der Waals surface area (Å²) in [6, 6.07) is 0.348. The van der Waals surface area contributed by atoms with Gasteiger partial charge in [-0.1, -0.05) is 20.8 Å². The van der Waals surface area contributed by atoms with E-state index in [1.165, 1.54) is 0 Å². The Morgan fingerprint density at radius 1 is 1.31 bits per heavy atom. The SMILES string of the molecule is CC(C)(C)CCC(=O)CN1CCC(N)CC1. The number of piperidine rings is 1. The van der Waals surface area contributed by atoms with Gasteiger partial charge < -0.3 is 5.73 Å². The van der Waals surface area contributed by atoms with E-state index >= 15 is 0 Å². The molecule has 1 aliphatic heterocycles. The molecule has 0 radical (unpaired) electrons. The molecule has 2 N–H and O–H groups in total. The first-order valence-electron chi connectivity index (χ1n) is 6.36. The van der Waals surface area contributed by atoms with E-state index in [-0.39, 0.29) is 5.41 Å². The highest BCUT2D eigenvalue weighted by molar-refractivity contribution is 5.80. The Balaban J connectivity index is 2.19. The van der Waals surface area contributed by atoms with Crippen LogP contribution in [0, 0.1) is 5.41 Å². The molecule has 0 amide bonds. The Hall–Kier alpha value is -0.410. The second-order valence-electron chi connectivity index (χ2n) is 6.21. The van der Waals surface area contributed by atoms with Crippen LogP contribution in [-0.2, 0) is 4.79 Å². The maximum atomic E-state index is 11.8. The quantitative estimate of drug-likeness (QED) is 0.795. The van der Waals surface area contributed by atoms with Crippen molar-refractivity contribution in [1.29, 1.82) is 0 Å². The van der Waals surface area contributed by atoms with E-state index in [4.69, 9.17) is 5.73 Å². The number of hydrogen-bond donors (Lipinski definition) is 1. The number of carbonyl (C=O) groups is 1. The monoisotopic (exact) mass is 226 g/mol. The lowest BCUT2D eigenvalue weighted by Gasteiger charge is -2.29. The summed E-state index contributed by atoms with van der Waals surface area (Å²) in [7, 11) is 0. The summed E-state index contributed by atoms with van der Waals surface area (Å²) in [6.45, 7) is 9.15. The number of nitrogens with zero attached hydrogens (tertiary/aromatic N) is 1. The molecule has 0 aromatic carbocycles. The molecule has 1 rings (SSSR count). The van der Waals surface area contributed by atoms with Crippen LogP contribution < -0.4 is 5.73 Å². The van der Waals surface area contributed by atoms with E-state index in [1.54, 1.807) is 0 Å². The van der Waals surface area contributed by atoms with Gasteiger partial charge in [0.15, 0.2) is 0 Å². The summed E-state index contributed by atoms with van der Waals surface area (Å²) in [4.78, 5) is 14.0. The minimum absolute atomic E-state index is 0.264. The van der Waals surface area contributed by atoms with Crippen molar-refractivity contribution in [3.8, 4) is 0 Å². The molecule has 0 saturated carbocycles. The molecule has 1 fully saturated rings. The fraction of sp³-hybridized carbons (Fsp3) is 0.923. The van der Waals surface area contributed by atoms with Crippen molar-refractivity contribution in [2.45, 2.75) is 52.5 Å². The van der Waals surface area contributed by atoms with Crippen LogP contribution in [-0.4, -0.2) is 36.4 Å². The highest BCUT2D eigenvalue weighted by atomic mass is 16.1. The number of rotatable bonds is 4. The van der Waals surface area contributed by atoms with Crippen LogP contribution in [0.4, 0.5) is 0 Å². The second kappa shape index (κ2) is 5.78. The van der Waals surface area contributed by atoms with Crippen LogP contribution in [0.5, 0.6) is 0 Å². The molecule has 0 aromatic heterocycles. The van der Waals surface area contributed by atoms with Crippen molar-refractivity contribution in [1.82, 2.24) is 4.90 Å². The van der Waals surface area contributed by atoms with Gasteiger partial charge in [-0.2, -0.15) is 0 Å². The average Bonchev–Trinajstić information content (AvgIpc) is 2.18. The van der Waals surface area contributed by atoms with Gasteiger partial charge in [0, 0.05) is 25.6 Å². The van der Waals surface area contributed by atoms with E-state index in [1.807, 2.05) is 0 Å². The number of Topliss-reactive ketones (excluding diaryl/α,β-unsaturated/α-hetero) is 1. The molecule has 1 saturated heterocycles. The van der Waals surface area contributed by atoms with Gasteiger partial charge >= 0.3 is 0 Å². The van der Waals surface area contributed by atoms with Gasteiger partial charge in [-0.3, -0.25) is 9.69 Å². The molecular weight excluding hydrogens is 200 g/mol. The van der Waals surface area contributed by atoms with Crippen molar-refractivity contribution in [2.24, 2.45) is 11.1 Å². The van der Waals surface area contributed by atoms with Gasteiger partial charge in [-0.25, -0.2) is 0 Å². The smallest absolute Gasteiger partial charge is 0.146 e. The summed E-state index contributed by atoms with van der Waals surface area (Å²) >= 11 is 0. The lowest BCUT2D eigenvalue weighted by Crippen LogP contribution is -2.42. The predicted octanol–water partition coefficient (Wildman–Crippen LogP) is 1.80. The summed E-state index contributed by atoms with van der Waals surface area (Å²) < 4.78 is 0. The largest absolute Gasteiger partial charge is 0.328 e. The molecule has 0 spiro atoms. The third kappa shape index (κ3) is 5.61. The molecule has 0 unspecified atom stereocenters. The van der Waals surface area contributed by atoms with Crippen molar-refractivity contribution in [3.63, 3.8) is 0 Å². The number of nitrogens with two attached hydrogens (primary N) is 1. The maximum Gasteiger partial charge on any atom is 0.146 e. The molecule has 16 heavy (non-hydrogen) atoms. The standard InChI is InChI=1S/C13H26N2O/c1-13(2,3)7-4-12(16)10-15-8-5-11(14)6-9-15/h11H,4-10,14H2,1-3H3. The first-order chi connectivity index (χ1) is 7.37. The van der Waals surface area contributed by atoms with Crippen molar-refractivity contribution in [3.05, 3.63) is 0 Å². The van der Waals surface area contributed by atoms with E-state index in [2.05, 4.69) is 25.7 Å². The van der Waals surface area contributed by atoms with Gasteiger partial charge in [0.2, 0.25) is 0 Å². The Morgan fingerprint density at radius 3 is 2.38 bits per heavy atom. The van der Waals surface area contributed by atoms with Crippen molar-refractivity contribution < 1.29 is 4.79 Å². The maximum absolute atomic E-state index is 11.8. The predicted molar refractivity (Wildman–Crippen MR) is 67.3 cm³/mol. The van der Waals surface area contributed by atoms with Gasteiger partial charge in [0.05, 0.1) is 6.54 Å². The molecular formula is C13H26N2O. The molecule has 94 valence electrons. The van der Waals surface area contributed by atoms with Gasteiger partial charge in [0.1, 0.15) is 5.78 Å². The van der Waals surface area contributed by atoms with Crippen LogP contribution in [0.3, 0.4) is 0 Å². The fourth-order valence-electron chi connectivity index (χ4n) is 1.95. The zero-order chi connectivity index (χ0) is 12.2. The number of ketones is 1. The molecule has 0 aromatic rings. The van der Waals surface area contributed by atoms with Crippen LogP contribution in [0.2, 0.25) is 0 Å². The second-order valence-corrected chi connectivity index (χ2v) is 6.21. The number of carbonyl (C=O) groups excluding carboxylic acids is 1. The zero-order valence-electron chi connectivity index (χ0n) is 11.0. The molecule has 3 heteroatoms. The minimum atomic E-state index is 0.264. The van der Waals surface area contributed by atoms with E-state index in [0.717, 1.165) is 32.4 Å². The molecule has 0 atom stereocenters. The van der Waals surface area contributed by atoms with E-state index in [9.17, 15) is 4.79 Å². The molecule has 1 aliphatic rings. The first-order valence-corrected chi connectivity index (χ1v) is 6.36. The Labute approximate surface area is 99.4 Å². The molecule has 1 heterocycles. The van der Waals surface area contributed by atoms with E-state index in [0.29, 0.717) is 24.8 Å². The number of hydrogen-bond acceptors (Lipinski definition) is 3. The van der Waals surface area contributed by atoms with Gasteiger partial charge in [-0.05, 0) is 24.7 Å². The van der Waals surface area contributed by atoms with Crippen molar-refractivity contribution in [2.75, 3.05) is 19.6 Å². The summed E-state index contributed by atoms with van der Waals surface area (Å²) in [5.41, 5.74) is 6.10.